The zero-order valence-electron chi connectivity index (χ0n) is 27.3. The maximum atomic E-state index is 13.2. The number of hydrogen-bond acceptors (Lipinski definition) is 11. The van der Waals surface area contributed by atoms with E-state index >= 15 is 0 Å². The molecule has 0 radical (unpaired) electrons. The zero-order chi connectivity index (χ0) is 32.9. The van der Waals surface area contributed by atoms with Crippen LogP contribution in [0.5, 0.6) is 40.2 Å². The molecule has 3 aliphatic rings. The number of carbonyl (C=O) groups excluding carboxylic acids is 1. The Morgan fingerprint density at radius 1 is 0.766 bits per heavy atom. The number of fused-ring (bicyclic) bond motifs is 2. The van der Waals surface area contributed by atoms with Crippen LogP contribution in [0.1, 0.15) is 41.6 Å². The second kappa shape index (κ2) is 14.1. The topological polar surface area (TPSA) is 119 Å². The van der Waals surface area contributed by atoms with Crippen molar-refractivity contribution in [1.29, 1.82) is 0 Å². The van der Waals surface area contributed by atoms with Crippen LogP contribution in [-0.4, -0.2) is 90.7 Å². The molecule has 3 heterocycles. The van der Waals surface area contributed by atoms with Crippen LogP contribution in [0.15, 0.2) is 46.5 Å². The molecular weight excluding hydrogens is 606 g/mol. The Labute approximate surface area is 273 Å². The normalized spacial score (nSPS) is 16.4. The highest BCUT2D eigenvalue weighted by atomic mass is 16.6. The van der Waals surface area contributed by atoms with Crippen molar-refractivity contribution in [3.05, 3.63) is 47.5 Å². The lowest BCUT2D eigenvalue weighted by Crippen LogP contribution is -2.35. The lowest BCUT2D eigenvalue weighted by atomic mass is 9.94. The summed E-state index contributed by atoms with van der Waals surface area (Å²) in [5, 5.41) is 4.27. The molecule has 1 atom stereocenters. The molecule has 0 unspecified atom stereocenters. The first-order valence-corrected chi connectivity index (χ1v) is 15.5. The smallest absolute Gasteiger partial charge is 0.256 e. The van der Waals surface area contributed by atoms with E-state index < -0.39 is 0 Å². The van der Waals surface area contributed by atoms with Crippen LogP contribution in [0.4, 0.5) is 5.69 Å². The quantitative estimate of drug-likeness (QED) is 0.216. The second-order valence-corrected chi connectivity index (χ2v) is 11.1. The Balaban J connectivity index is 1.20. The first-order chi connectivity index (χ1) is 23.0. The minimum Gasteiger partial charge on any atom is -0.493 e. The Hall–Kier alpha value is -5.13. The van der Waals surface area contributed by atoms with Gasteiger partial charge in [-0.15, -0.1) is 0 Å². The molecule has 0 aromatic heterocycles. The fraction of sp³-hybridized carbons (Fsp3) is 0.400. The van der Waals surface area contributed by atoms with E-state index in [4.69, 9.17) is 38.0 Å². The van der Waals surface area contributed by atoms with Crippen molar-refractivity contribution in [3.63, 3.8) is 0 Å². The maximum Gasteiger partial charge on any atom is 0.256 e. The molecule has 0 spiro atoms. The SMILES string of the molecule is COc1cc2c(cc1OCCCOc1cc(-c3cc(OC)c(OC)c(OC)c3)c(C3=NOCC3)cc1OC)N=C[C@@H]1CCCN1C2=O. The maximum absolute atomic E-state index is 13.2. The van der Waals surface area contributed by atoms with Crippen LogP contribution < -0.4 is 33.2 Å². The fourth-order valence-electron chi connectivity index (χ4n) is 6.09. The van der Waals surface area contributed by atoms with Crippen molar-refractivity contribution in [2.24, 2.45) is 10.1 Å². The Morgan fingerprint density at radius 2 is 1.40 bits per heavy atom. The van der Waals surface area contributed by atoms with Crippen molar-refractivity contribution in [3.8, 4) is 51.4 Å². The van der Waals surface area contributed by atoms with Gasteiger partial charge in [0, 0.05) is 37.2 Å². The number of oxime groups is 1. The summed E-state index contributed by atoms with van der Waals surface area (Å²) in [6.45, 7) is 1.92. The highest BCUT2D eigenvalue weighted by Gasteiger charge is 2.32. The molecule has 12 heteroatoms. The number of benzene rings is 3. The monoisotopic (exact) mass is 645 g/mol. The molecule has 1 fully saturated rings. The second-order valence-electron chi connectivity index (χ2n) is 11.1. The molecule has 3 aromatic carbocycles. The molecule has 3 aliphatic heterocycles. The molecule has 1 amide bonds. The van der Waals surface area contributed by atoms with Gasteiger partial charge in [-0.3, -0.25) is 9.79 Å². The van der Waals surface area contributed by atoms with Gasteiger partial charge in [-0.1, -0.05) is 5.16 Å². The molecule has 12 nitrogen and oxygen atoms in total. The van der Waals surface area contributed by atoms with Crippen LogP contribution in [-0.2, 0) is 4.84 Å². The minimum atomic E-state index is -0.0309. The fourth-order valence-corrected chi connectivity index (χ4v) is 6.09. The van der Waals surface area contributed by atoms with Crippen LogP contribution in [0.2, 0.25) is 0 Å². The molecular formula is C35H39N3O9. The van der Waals surface area contributed by atoms with E-state index in [9.17, 15) is 4.79 Å². The van der Waals surface area contributed by atoms with Gasteiger partial charge in [0.05, 0.1) is 71.8 Å². The molecule has 0 bridgehead atoms. The van der Waals surface area contributed by atoms with Crippen molar-refractivity contribution >= 4 is 23.5 Å². The summed E-state index contributed by atoms with van der Waals surface area (Å²) in [7, 11) is 7.89. The van der Waals surface area contributed by atoms with Crippen LogP contribution >= 0.6 is 0 Å². The molecule has 0 aliphatic carbocycles. The summed E-state index contributed by atoms with van der Waals surface area (Å²) in [6.07, 6.45) is 4.97. The first kappa shape index (κ1) is 31.8. The molecule has 6 rings (SSSR count). The zero-order valence-corrected chi connectivity index (χ0v) is 27.3. The lowest BCUT2D eigenvalue weighted by molar-refractivity contribution is 0.0774. The summed E-state index contributed by atoms with van der Waals surface area (Å²) in [5.74, 6) is 3.63. The Bertz CT molecular complexity index is 1680. The number of hydrogen-bond donors (Lipinski definition) is 0. The van der Waals surface area contributed by atoms with E-state index in [0.29, 0.717) is 84.2 Å². The predicted octanol–water partition coefficient (Wildman–Crippen LogP) is 5.69. The third kappa shape index (κ3) is 6.32. The largest absolute Gasteiger partial charge is 0.493 e. The van der Waals surface area contributed by atoms with E-state index in [-0.39, 0.29) is 11.9 Å². The third-order valence-electron chi connectivity index (χ3n) is 8.46. The van der Waals surface area contributed by atoms with E-state index in [2.05, 4.69) is 10.1 Å². The highest BCUT2D eigenvalue weighted by molar-refractivity contribution is 6.07. The van der Waals surface area contributed by atoms with E-state index in [1.165, 1.54) is 0 Å². The number of carbonyl (C=O) groups is 1. The number of methoxy groups -OCH3 is 5. The van der Waals surface area contributed by atoms with Gasteiger partial charge in [-0.05, 0) is 54.3 Å². The highest BCUT2D eigenvalue weighted by Crippen LogP contribution is 2.45. The van der Waals surface area contributed by atoms with Gasteiger partial charge in [-0.25, -0.2) is 0 Å². The number of nitrogens with zero attached hydrogens (tertiary/aromatic N) is 3. The summed E-state index contributed by atoms with van der Waals surface area (Å²) in [5.41, 5.74) is 4.40. The number of amides is 1. The van der Waals surface area contributed by atoms with E-state index in [0.717, 1.165) is 41.8 Å². The Kier molecular flexibility index (Phi) is 9.55. The van der Waals surface area contributed by atoms with Crippen molar-refractivity contribution < 1.29 is 42.8 Å². The molecule has 1 saturated heterocycles. The molecule has 0 N–H and O–H groups in total. The van der Waals surface area contributed by atoms with E-state index in [1.54, 1.807) is 47.7 Å². The summed E-state index contributed by atoms with van der Waals surface area (Å²) in [6, 6.07) is 11.1. The van der Waals surface area contributed by atoms with Gasteiger partial charge >= 0.3 is 0 Å². The summed E-state index contributed by atoms with van der Waals surface area (Å²) < 4.78 is 40.5. The van der Waals surface area contributed by atoms with Crippen LogP contribution in [0.3, 0.4) is 0 Å². The van der Waals surface area contributed by atoms with Gasteiger partial charge in [-0.2, -0.15) is 0 Å². The van der Waals surface area contributed by atoms with Crippen LogP contribution in [0, 0.1) is 0 Å². The summed E-state index contributed by atoms with van der Waals surface area (Å²) in [4.78, 5) is 25.0. The first-order valence-electron chi connectivity index (χ1n) is 15.5. The van der Waals surface area contributed by atoms with Gasteiger partial charge in [0.15, 0.2) is 34.5 Å². The number of ether oxygens (including phenoxy) is 7. The van der Waals surface area contributed by atoms with Gasteiger partial charge in [0.2, 0.25) is 5.75 Å². The number of aliphatic imine (C=N–C) groups is 1. The third-order valence-corrected chi connectivity index (χ3v) is 8.46. The molecule has 248 valence electrons. The van der Waals surface area contributed by atoms with Gasteiger partial charge in [0.1, 0.15) is 6.61 Å². The predicted molar refractivity (Wildman–Crippen MR) is 176 cm³/mol. The number of rotatable bonds is 13. The lowest BCUT2D eigenvalue weighted by Gasteiger charge is -2.20. The average molecular weight is 646 g/mol. The van der Waals surface area contributed by atoms with Gasteiger partial charge in [0.25, 0.3) is 5.91 Å². The molecule has 0 saturated carbocycles. The summed E-state index contributed by atoms with van der Waals surface area (Å²) >= 11 is 0. The van der Waals surface area contributed by atoms with Crippen molar-refractivity contribution in [2.75, 3.05) is 61.9 Å². The van der Waals surface area contributed by atoms with Crippen LogP contribution in [0.25, 0.3) is 11.1 Å². The standard InChI is InChI=1S/C35H39N3O9/c1-40-28-17-24(26-9-13-47-37-26)23(21-14-32(42-3)34(44-5)33(15-21)43-4)16-30(28)45-11-7-12-46-31-19-27-25(18-29(31)41-2)35(39)38-10-6-8-22(38)20-36-27/h14-20,22H,6-13H2,1-5H3/t22-/m0/s1. The minimum absolute atomic E-state index is 0.0299. The van der Waals surface area contributed by atoms with E-state index in [1.807, 2.05) is 35.4 Å². The Morgan fingerprint density at radius 3 is 2.02 bits per heavy atom. The average Bonchev–Trinajstić information content (AvgIpc) is 3.80. The van der Waals surface area contributed by atoms with Crippen molar-refractivity contribution in [2.45, 2.75) is 31.7 Å². The van der Waals surface area contributed by atoms with Gasteiger partial charge < -0.3 is 42.9 Å². The molecule has 3 aromatic rings. The molecule has 47 heavy (non-hydrogen) atoms. The van der Waals surface area contributed by atoms with Crippen molar-refractivity contribution in [1.82, 2.24) is 4.90 Å².